The highest BCUT2D eigenvalue weighted by molar-refractivity contribution is 6.30. The van der Waals surface area contributed by atoms with E-state index in [9.17, 15) is 14.4 Å². The third kappa shape index (κ3) is 2.99. The molecule has 0 bridgehead atoms. The molecule has 6 nitrogen and oxygen atoms in total. The van der Waals surface area contributed by atoms with Gasteiger partial charge in [0, 0.05) is 23.9 Å². The smallest absolute Gasteiger partial charge is 0.354 e. The molecule has 4 rings (SSSR count). The maximum atomic E-state index is 13.4. The van der Waals surface area contributed by atoms with E-state index in [4.69, 9.17) is 16.3 Å². The van der Waals surface area contributed by atoms with Gasteiger partial charge in [-0.1, -0.05) is 35.9 Å². The predicted molar refractivity (Wildman–Crippen MR) is 108 cm³/mol. The number of carbonyl (C=O) groups excluding carboxylic acids is 3. The highest BCUT2D eigenvalue weighted by Gasteiger charge is 2.62. The van der Waals surface area contributed by atoms with Crippen LogP contribution in [0.1, 0.15) is 42.6 Å². The number of ether oxygens (including phenoxy) is 1. The van der Waals surface area contributed by atoms with E-state index in [0.29, 0.717) is 16.3 Å². The normalized spacial score (nSPS) is 20.7. The van der Waals surface area contributed by atoms with Gasteiger partial charge in [-0.2, -0.15) is 0 Å². The summed E-state index contributed by atoms with van der Waals surface area (Å²) in [6.45, 7) is 3.67. The molecule has 1 fully saturated rings. The zero-order valence-electron chi connectivity index (χ0n) is 16.2. The predicted octanol–water partition coefficient (Wildman–Crippen LogP) is 3.77. The van der Waals surface area contributed by atoms with Crippen molar-refractivity contribution >= 4 is 35.1 Å². The summed E-state index contributed by atoms with van der Waals surface area (Å²) < 4.78 is 5.63. The molecule has 0 aromatic heterocycles. The Hall–Kier alpha value is -2.86. The van der Waals surface area contributed by atoms with E-state index in [1.807, 2.05) is 13.8 Å². The zero-order valence-corrected chi connectivity index (χ0v) is 17.0. The van der Waals surface area contributed by atoms with Crippen LogP contribution in [0.4, 0.5) is 5.69 Å². The van der Waals surface area contributed by atoms with Crippen molar-refractivity contribution in [1.29, 1.82) is 0 Å². The molecule has 0 saturated carbocycles. The fraction of sp³-hybridized carbons (Fsp3) is 0.318. The van der Waals surface area contributed by atoms with Crippen molar-refractivity contribution in [3.8, 4) is 0 Å². The fourth-order valence-corrected chi connectivity index (χ4v) is 4.48. The molecule has 2 aromatic rings. The molecule has 2 amide bonds. The van der Waals surface area contributed by atoms with Crippen LogP contribution in [0.2, 0.25) is 5.02 Å². The number of esters is 1. The first-order valence-electron chi connectivity index (χ1n) is 9.53. The monoisotopic (exact) mass is 412 g/mol. The van der Waals surface area contributed by atoms with Gasteiger partial charge in [0.05, 0.1) is 11.3 Å². The van der Waals surface area contributed by atoms with Crippen molar-refractivity contribution in [3.63, 3.8) is 0 Å². The van der Waals surface area contributed by atoms with E-state index in [1.54, 1.807) is 48.5 Å². The van der Waals surface area contributed by atoms with E-state index in [1.165, 1.54) is 9.80 Å². The third-order valence-corrected chi connectivity index (χ3v) is 5.64. The first-order valence-corrected chi connectivity index (χ1v) is 9.91. The van der Waals surface area contributed by atoms with Crippen molar-refractivity contribution in [2.45, 2.75) is 45.0 Å². The number of hydrogen-bond donors (Lipinski definition) is 0. The average Bonchev–Trinajstić information content (AvgIpc) is 3.04. The largest absolute Gasteiger partial charge is 0.458 e. The van der Waals surface area contributed by atoms with Crippen LogP contribution in [0.3, 0.4) is 0 Å². The van der Waals surface area contributed by atoms with Gasteiger partial charge in [-0.15, -0.1) is 0 Å². The lowest BCUT2D eigenvalue weighted by Gasteiger charge is -2.50. The standard InChI is InChI=1S/C22H21ClN2O4/c1-14(2)24-20(27)17-8-3-4-9-18(17)25-19(26)10-11-22(24,25)21(28)29-13-15-6-5-7-16(23)12-15/h3-9,12,14H,10-11,13H2,1-2H3/t22-/m1/s1. The second kappa shape index (κ2) is 7.19. The molecule has 0 unspecified atom stereocenters. The number of nitrogens with zero attached hydrogens (tertiary/aromatic N) is 2. The lowest BCUT2D eigenvalue weighted by atomic mass is 9.95. The second-order valence-corrected chi connectivity index (χ2v) is 7.97. The summed E-state index contributed by atoms with van der Waals surface area (Å²) in [5, 5.41) is 0.542. The second-order valence-electron chi connectivity index (χ2n) is 7.54. The fourth-order valence-electron chi connectivity index (χ4n) is 4.26. The molecular weight excluding hydrogens is 392 g/mol. The third-order valence-electron chi connectivity index (χ3n) is 5.40. The Balaban J connectivity index is 1.76. The summed E-state index contributed by atoms with van der Waals surface area (Å²) >= 11 is 6.01. The molecule has 0 radical (unpaired) electrons. The zero-order chi connectivity index (χ0) is 20.8. The summed E-state index contributed by atoms with van der Waals surface area (Å²) in [6, 6.07) is 13.6. The van der Waals surface area contributed by atoms with E-state index < -0.39 is 11.6 Å². The maximum Gasteiger partial charge on any atom is 0.354 e. The maximum absolute atomic E-state index is 13.4. The molecule has 0 aliphatic carbocycles. The minimum atomic E-state index is -1.48. The molecule has 2 aromatic carbocycles. The summed E-state index contributed by atoms with van der Waals surface area (Å²) in [5.74, 6) is -1.09. The Bertz CT molecular complexity index is 1010. The number of amides is 2. The number of hydrogen-bond acceptors (Lipinski definition) is 4. The van der Waals surface area contributed by atoms with Crippen LogP contribution in [0, 0.1) is 0 Å². The summed E-state index contributed by atoms with van der Waals surface area (Å²) in [7, 11) is 0. The van der Waals surface area contributed by atoms with E-state index in [2.05, 4.69) is 0 Å². The number of halogens is 1. The number of rotatable bonds is 4. The molecule has 7 heteroatoms. The Morgan fingerprint density at radius 2 is 1.93 bits per heavy atom. The van der Waals surface area contributed by atoms with Crippen molar-refractivity contribution in [3.05, 3.63) is 64.7 Å². The number of anilines is 1. The van der Waals surface area contributed by atoms with Gasteiger partial charge in [-0.25, -0.2) is 4.79 Å². The van der Waals surface area contributed by atoms with Gasteiger partial charge in [-0.3, -0.25) is 14.5 Å². The molecule has 0 spiro atoms. The quantitative estimate of drug-likeness (QED) is 0.717. The average molecular weight is 413 g/mol. The van der Waals surface area contributed by atoms with Gasteiger partial charge < -0.3 is 9.64 Å². The van der Waals surface area contributed by atoms with Gasteiger partial charge in [0.1, 0.15) is 6.61 Å². The molecule has 2 aliphatic rings. The molecular formula is C22H21ClN2O4. The minimum Gasteiger partial charge on any atom is -0.458 e. The Labute approximate surface area is 174 Å². The lowest BCUT2D eigenvalue weighted by Crippen LogP contribution is -2.70. The number of carbonyl (C=O) groups is 3. The highest BCUT2D eigenvalue weighted by atomic mass is 35.5. The summed E-state index contributed by atoms with van der Waals surface area (Å²) in [4.78, 5) is 42.5. The molecule has 1 saturated heterocycles. The van der Waals surface area contributed by atoms with Gasteiger partial charge in [0.2, 0.25) is 11.6 Å². The van der Waals surface area contributed by atoms with Crippen molar-refractivity contribution in [2.24, 2.45) is 0 Å². The molecule has 29 heavy (non-hydrogen) atoms. The first kappa shape index (κ1) is 19.5. The van der Waals surface area contributed by atoms with Crippen molar-refractivity contribution < 1.29 is 19.1 Å². The van der Waals surface area contributed by atoms with Crippen LogP contribution < -0.4 is 4.90 Å². The van der Waals surface area contributed by atoms with Crippen LogP contribution in [0.15, 0.2) is 48.5 Å². The molecule has 2 heterocycles. The summed E-state index contributed by atoms with van der Waals surface area (Å²) in [5.41, 5.74) is 0.123. The molecule has 2 aliphatic heterocycles. The first-order chi connectivity index (χ1) is 13.9. The van der Waals surface area contributed by atoms with Crippen LogP contribution in [-0.2, 0) is 20.9 Å². The van der Waals surface area contributed by atoms with E-state index >= 15 is 0 Å². The van der Waals surface area contributed by atoms with Gasteiger partial charge in [-0.05, 0) is 43.7 Å². The molecule has 1 atom stereocenters. The van der Waals surface area contributed by atoms with Crippen molar-refractivity contribution in [1.82, 2.24) is 4.90 Å². The van der Waals surface area contributed by atoms with Crippen LogP contribution in [0.25, 0.3) is 0 Å². The van der Waals surface area contributed by atoms with E-state index in [-0.39, 0.29) is 37.3 Å². The molecule has 0 N–H and O–H groups in total. The highest BCUT2D eigenvalue weighted by Crippen LogP contribution is 2.46. The minimum absolute atomic E-state index is 0.00491. The lowest BCUT2D eigenvalue weighted by molar-refractivity contribution is -0.159. The van der Waals surface area contributed by atoms with Crippen LogP contribution >= 0.6 is 11.6 Å². The Morgan fingerprint density at radius 1 is 1.17 bits per heavy atom. The van der Waals surface area contributed by atoms with E-state index in [0.717, 1.165) is 5.56 Å². The van der Waals surface area contributed by atoms with Crippen LogP contribution in [-0.4, -0.2) is 34.4 Å². The summed E-state index contributed by atoms with van der Waals surface area (Å²) in [6.07, 6.45) is 0.357. The van der Waals surface area contributed by atoms with Gasteiger partial charge in [0.25, 0.3) is 5.91 Å². The topological polar surface area (TPSA) is 66.9 Å². The van der Waals surface area contributed by atoms with Gasteiger partial charge >= 0.3 is 5.97 Å². The Kier molecular flexibility index (Phi) is 4.82. The number of para-hydroxylation sites is 1. The number of fused-ring (bicyclic) bond motifs is 3. The molecule has 150 valence electrons. The van der Waals surface area contributed by atoms with Crippen molar-refractivity contribution in [2.75, 3.05) is 4.90 Å². The SMILES string of the molecule is CC(C)N1C(=O)c2ccccc2N2C(=O)CC[C@]21C(=O)OCc1cccc(Cl)c1. The van der Waals surface area contributed by atoms with Crippen LogP contribution in [0.5, 0.6) is 0 Å². The Morgan fingerprint density at radius 3 is 2.66 bits per heavy atom. The van der Waals surface area contributed by atoms with Gasteiger partial charge in [0.15, 0.2) is 0 Å². The number of benzene rings is 2.